The Morgan fingerprint density at radius 1 is 1.08 bits per heavy atom. The van der Waals surface area contributed by atoms with Crippen LogP contribution in [-0.4, -0.2) is 35.3 Å². The molecule has 1 fully saturated rings. The number of hydrogen-bond acceptors (Lipinski definition) is 3. The van der Waals surface area contributed by atoms with Crippen LogP contribution in [-0.2, 0) is 16.0 Å². The first-order valence-corrected chi connectivity index (χ1v) is 8.82. The lowest BCUT2D eigenvalue weighted by Crippen LogP contribution is -2.38. The summed E-state index contributed by atoms with van der Waals surface area (Å²) in [6, 6.07) is 15.5. The summed E-state index contributed by atoms with van der Waals surface area (Å²) in [4.78, 5) is 37.5. The number of carbonyl (C=O) groups excluding carboxylic acids is 3. The highest BCUT2D eigenvalue weighted by Crippen LogP contribution is 2.14. The molecule has 0 radical (unpaired) electrons. The molecule has 0 bridgehead atoms. The molecule has 1 heterocycles. The average Bonchev–Trinajstić information content (AvgIpc) is 2.85. The van der Waals surface area contributed by atoms with E-state index in [0.29, 0.717) is 12.1 Å². The lowest BCUT2D eigenvalue weighted by molar-refractivity contribution is -0.130. The Labute approximate surface area is 158 Å². The molecule has 0 saturated carbocycles. The van der Waals surface area contributed by atoms with E-state index in [4.69, 9.17) is 0 Å². The van der Waals surface area contributed by atoms with Crippen molar-refractivity contribution in [3.8, 4) is 0 Å². The van der Waals surface area contributed by atoms with Crippen LogP contribution in [0.5, 0.6) is 0 Å². The smallest absolute Gasteiger partial charge is 0.325 e. The van der Waals surface area contributed by atoms with Gasteiger partial charge in [0.25, 0.3) is 5.91 Å². The number of anilines is 1. The molecule has 25 heavy (non-hydrogen) atoms. The molecule has 1 atom stereocenters. The Bertz CT molecular complexity index is 793. The van der Waals surface area contributed by atoms with Crippen molar-refractivity contribution >= 4 is 46.1 Å². The van der Waals surface area contributed by atoms with Crippen molar-refractivity contribution < 1.29 is 14.4 Å². The minimum Gasteiger partial charge on any atom is -0.325 e. The molecule has 1 unspecified atom stereocenters. The molecule has 0 spiro atoms. The third kappa shape index (κ3) is 4.36. The SMILES string of the molecule is O=C(CN1C(=O)NC(Cc2ccccc2)C1=O)Nc1ccc(I)cc1. The van der Waals surface area contributed by atoms with Crippen molar-refractivity contribution in [2.75, 3.05) is 11.9 Å². The maximum Gasteiger partial charge on any atom is 0.325 e. The zero-order chi connectivity index (χ0) is 17.8. The summed E-state index contributed by atoms with van der Waals surface area (Å²) in [5.41, 5.74) is 1.57. The van der Waals surface area contributed by atoms with Crippen molar-refractivity contribution in [3.05, 3.63) is 63.7 Å². The van der Waals surface area contributed by atoms with Crippen molar-refractivity contribution in [2.45, 2.75) is 12.5 Å². The van der Waals surface area contributed by atoms with Gasteiger partial charge >= 0.3 is 6.03 Å². The molecule has 7 heteroatoms. The number of carbonyl (C=O) groups is 3. The topological polar surface area (TPSA) is 78.5 Å². The second-order valence-corrected chi connectivity index (χ2v) is 6.92. The molecule has 2 aromatic rings. The van der Waals surface area contributed by atoms with Crippen LogP contribution in [0.25, 0.3) is 0 Å². The fourth-order valence-electron chi connectivity index (χ4n) is 2.59. The summed E-state index contributed by atoms with van der Waals surface area (Å²) in [6.45, 7) is -0.304. The Hall–Kier alpha value is -2.42. The molecule has 1 aliphatic rings. The van der Waals surface area contributed by atoms with Crippen LogP contribution in [0.2, 0.25) is 0 Å². The first kappa shape index (κ1) is 17.4. The van der Waals surface area contributed by atoms with E-state index in [1.54, 1.807) is 12.1 Å². The molecule has 1 aliphatic heterocycles. The molecule has 6 nitrogen and oxygen atoms in total. The number of amides is 4. The molecule has 0 aromatic heterocycles. The second kappa shape index (κ2) is 7.64. The Morgan fingerprint density at radius 2 is 1.76 bits per heavy atom. The number of hydrogen-bond donors (Lipinski definition) is 2. The summed E-state index contributed by atoms with van der Waals surface area (Å²) in [6.07, 6.45) is 0.403. The highest BCUT2D eigenvalue weighted by atomic mass is 127. The lowest BCUT2D eigenvalue weighted by atomic mass is 10.1. The summed E-state index contributed by atoms with van der Waals surface area (Å²) in [7, 11) is 0. The zero-order valence-corrected chi connectivity index (χ0v) is 15.4. The number of urea groups is 1. The molecule has 128 valence electrons. The predicted octanol–water partition coefficient (Wildman–Crippen LogP) is 2.39. The molecule has 2 aromatic carbocycles. The number of benzene rings is 2. The first-order valence-electron chi connectivity index (χ1n) is 7.74. The van der Waals surface area contributed by atoms with Crippen LogP contribution in [0.4, 0.5) is 10.5 Å². The van der Waals surface area contributed by atoms with E-state index in [9.17, 15) is 14.4 Å². The van der Waals surface area contributed by atoms with Gasteiger partial charge in [-0.15, -0.1) is 0 Å². The van der Waals surface area contributed by atoms with Crippen molar-refractivity contribution in [1.29, 1.82) is 0 Å². The average molecular weight is 449 g/mol. The zero-order valence-electron chi connectivity index (χ0n) is 13.2. The van der Waals surface area contributed by atoms with Gasteiger partial charge in [0.05, 0.1) is 0 Å². The summed E-state index contributed by atoms with van der Waals surface area (Å²) in [5, 5.41) is 5.32. The van der Waals surface area contributed by atoms with Crippen molar-refractivity contribution in [2.24, 2.45) is 0 Å². The van der Waals surface area contributed by atoms with Gasteiger partial charge < -0.3 is 10.6 Å². The van der Waals surface area contributed by atoms with E-state index in [-0.39, 0.29) is 12.5 Å². The van der Waals surface area contributed by atoms with Crippen LogP contribution in [0.3, 0.4) is 0 Å². The summed E-state index contributed by atoms with van der Waals surface area (Å²) in [5.74, 6) is -0.795. The molecule has 2 N–H and O–H groups in total. The van der Waals surface area contributed by atoms with E-state index >= 15 is 0 Å². The summed E-state index contributed by atoms with van der Waals surface area (Å²) >= 11 is 2.17. The van der Waals surface area contributed by atoms with Gasteiger partial charge in [-0.1, -0.05) is 30.3 Å². The van der Waals surface area contributed by atoms with Gasteiger partial charge in [0.15, 0.2) is 0 Å². The van der Waals surface area contributed by atoms with E-state index in [1.165, 1.54) is 0 Å². The maximum absolute atomic E-state index is 12.4. The molecule has 0 aliphatic carbocycles. The molecular formula is C18H16IN3O3. The van der Waals surface area contributed by atoms with Crippen molar-refractivity contribution in [1.82, 2.24) is 10.2 Å². The number of nitrogens with one attached hydrogen (secondary N) is 2. The number of halogens is 1. The molecule has 4 amide bonds. The highest BCUT2D eigenvalue weighted by molar-refractivity contribution is 14.1. The third-order valence-corrected chi connectivity index (χ3v) is 4.54. The molecule has 3 rings (SSSR count). The van der Waals surface area contributed by atoms with Crippen LogP contribution in [0, 0.1) is 3.57 Å². The maximum atomic E-state index is 12.4. The van der Waals surface area contributed by atoms with Crippen LogP contribution < -0.4 is 10.6 Å². The standard InChI is InChI=1S/C18H16IN3O3/c19-13-6-8-14(9-7-13)20-16(23)11-22-17(24)15(21-18(22)25)10-12-4-2-1-3-5-12/h1-9,15H,10-11H2,(H,20,23)(H,21,25). The summed E-state index contributed by atoms with van der Waals surface area (Å²) < 4.78 is 1.05. The van der Waals surface area contributed by atoms with Crippen LogP contribution in [0.15, 0.2) is 54.6 Å². The molecule has 1 saturated heterocycles. The minimum atomic E-state index is -0.638. The Balaban J connectivity index is 1.60. The number of nitrogens with zero attached hydrogens (tertiary/aromatic N) is 1. The predicted molar refractivity (Wildman–Crippen MR) is 102 cm³/mol. The van der Waals surface area contributed by atoms with E-state index in [1.807, 2.05) is 42.5 Å². The largest absolute Gasteiger partial charge is 0.325 e. The Morgan fingerprint density at radius 3 is 2.44 bits per heavy atom. The monoisotopic (exact) mass is 449 g/mol. The van der Waals surface area contributed by atoms with Crippen LogP contribution >= 0.6 is 22.6 Å². The van der Waals surface area contributed by atoms with Gasteiger partial charge in [-0.05, 0) is 52.4 Å². The lowest BCUT2D eigenvalue weighted by Gasteiger charge is -2.13. The van der Waals surface area contributed by atoms with Gasteiger partial charge in [0, 0.05) is 15.7 Å². The van der Waals surface area contributed by atoms with E-state index in [0.717, 1.165) is 14.0 Å². The first-order chi connectivity index (χ1) is 12.0. The molecular weight excluding hydrogens is 433 g/mol. The van der Waals surface area contributed by atoms with E-state index in [2.05, 4.69) is 33.2 Å². The highest BCUT2D eigenvalue weighted by Gasteiger charge is 2.38. The second-order valence-electron chi connectivity index (χ2n) is 5.67. The van der Waals surface area contributed by atoms with Gasteiger partial charge in [0.2, 0.25) is 5.91 Å². The minimum absolute atomic E-state index is 0.304. The van der Waals surface area contributed by atoms with E-state index < -0.39 is 18.0 Å². The Kier molecular flexibility index (Phi) is 5.32. The third-order valence-electron chi connectivity index (χ3n) is 3.82. The van der Waals surface area contributed by atoms with Gasteiger partial charge in [-0.25, -0.2) is 4.79 Å². The van der Waals surface area contributed by atoms with Gasteiger partial charge in [-0.3, -0.25) is 14.5 Å². The fraction of sp³-hybridized carbons (Fsp3) is 0.167. The number of imide groups is 1. The van der Waals surface area contributed by atoms with Gasteiger partial charge in [-0.2, -0.15) is 0 Å². The van der Waals surface area contributed by atoms with Gasteiger partial charge in [0.1, 0.15) is 12.6 Å². The normalized spacial score (nSPS) is 16.7. The van der Waals surface area contributed by atoms with Crippen molar-refractivity contribution in [3.63, 3.8) is 0 Å². The fourth-order valence-corrected chi connectivity index (χ4v) is 2.95. The number of rotatable bonds is 5. The van der Waals surface area contributed by atoms with Crippen LogP contribution in [0.1, 0.15) is 5.56 Å². The quantitative estimate of drug-likeness (QED) is 0.544.